The lowest BCUT2D eigenvalue weighted by molar-refractivity contribution is -0.148. The molecule has 28 heavy (non-hydrogen) atoms. The predicted octanol–water partition coefficient (Wildman–Crippen LogP) is 4.46. The topological polar surface area (TPSA) is 47.9 Å². The second kappa shape index (κ2) is 9.36. The summed E-state index contributed by atoms with van der Waals surface area (Å²) in [4.78, 5) is 0. The highest BCUT2D eigenvalue weighted by molar-refractivity contribution is 6.92. The molecular weight excluding hydrogens is 384 g/mol. The maximum atomic E-state index is 12.0. The van der Waals surface area contributed by atoms with E-state index in [0.29, 0.717) is 0 Å². The Bertz CT molecular complexity index is 625. The zero-order chi connectivity index (χ0) is 21.8. The average molecular weight is 425 g/mol. The molecule has 0 saturated carbocycles. The first-order valence-corrected chi connectivity index (χ1v) is 15.8. The Labute approximate surface area is 174 Å². The van der Waals surface area contributed by atoms with Crippen LogP contribution in [0.15, 0.2) is 43.0 Å². The van der Waals surface area contributed by atoms with Crippen LogP contribution in [0.5, 0.6) is 0 Å². The van der Waals surface area contributed by atoms with Crippen LogP contribution in [-0.2, 0) is 13.9 Å². The van der Waals surface area contributed by atoms with E-state index in [0.717, 1.165) is 5.19 Å². The minimum absolute atomic E-state index is 0.0612. The van der Waals surface area contributed by atoms with Crippen LogP contribution in [0.4, 0.5) is 0 Å². The van der Waals surface area contributed by atoms with Gasteiger partial charge >= 0.3 is 0 Å². The molecule has 1 aromatic carbocycles. The Hall–Kier alpha value is -0.766. The zero-order valence-electron chi connectivity index (χ0n) is 19.2. The Morgan fingerprint density at radius 2 is 1.64 bits per heavy atom. The molecule has 0 aromatic heterocycles. The summed E-state index contributed by atoms with van der Waals surface area (Å²) in [5, 5.41) is 11.9. The SMILES string of the molecule is C=C[C@](O)([C@@H](OCOC)[C@@H](C)O[Si](C)(C)C(C)(C)C)[Si](C)(C)c1ccccc1. The van der Waals surface area contributed by atoms with Crippen molar-refractivity contribution in [2.24, 2.45) is 0 Å². The lowest BCUT2D eigenvalue weighted by atomic mass is 10.1. The summed E-state index contributed by atoms with van der Waals surface area (Å²) in [6, 6.07) is 10.2. The molecule has 3 atom stereocenters. The summed E-state index contributed by atoms with van der Waals surface area (Å²) in [5.41, 5.74) is 0. The van der Waals surface area contributed by atoms with Gasteiger partial charge in [0.1, 0.15) is 26.2 Å². The lowest BCUT2D eigenvalue weighted by Crippen LogP contribution is -2.70. The number of benzene rings is 1. The van der Waals surface area contributed by atoms with E-state index in [1.165, 1.54) is 0 Å². The van der Waals surface area contributed by atoms with Gasteiger partial charge in [-0.1, -0.05) is 75.5 Å². The zero-order valence-corrected chi connectivity index (χ0v) is 21.2. The van der Waals surface area contributed by atoms with Crippen LogP contribution in [0.25, 0.3) is 0 Å². The van der Waals surface area contributed by atoms with Crippen LogP contribution in [-0.4, -0.2) is 52.8 Å². The monoisotopic (exact) mass is 424 g/mol. The Morgan fingerprint density at radius 3 is 2.07 bits per heavy atom. The molecule has 0 heterocycles. The Balaban J connectivity index is 3.36. The van der Waals surface area contributed by atoms with E-state index < -0.39 is 27.7 Å². The van der Waals surface area contributed by atoms with Gasteiger partial charge in [0, 0.05) is 7.11 Å². The van der Waals surface area contributed by atoms with Crippen LogP contribution in [0.3, 0.4) is 0 Å². The molecule has 1 aromatic rings. The highest BCUT2D eigenvalue weighted by atomic mass is 28.4. The number of hydrogen-bond donors (Lipinski definition) is 1. The van der Waals surface area contributed by atoms with Crippen LogP contribution < -0.4 is 5.19 Å². The highest BCUT2D eigenvalue weighted by Crippen LogP contribution is 2.39. The van der Waals surface area contributed by atoms with Gasteiger partial charge in [-0.3, -0.25) is 0 Å². The Kier molecular flexibility index (Phi) is 8.45. The van der Waals surface area contributed by atoms with E-state index in [1.807, 2.05) is 25.1 Å². The maximum absolute atomic E-state index is 12.0. The van der Waals surface area contributed by atoms with Gasteiger partial charge in [-0.15, -0.1) is 6.58 Å². The molecule has 160 valence electrons. The number of aliphatic hydroxyl groups is 1. The third kappa shape index (κ3) is 5.23. The normalized spacial score (nSPS) is 17.6. The number of ether oxygens (including phenoxy) is 2. The van der Waals surface area contributed by atoms with E-state index >= 15 is 0 Å². The van der Waals surface area contributed by atoms with Crippen molar-refractivity contribution in [2.75, 3.05) is 13.9 Å². The quantitative estimate of drug-likeness (QED) is 0.342. The standard InChI is InChI=1S/C22H40O4Si2/c1-11-22(23,27(7,8)19-15-13-12-14-16-19)20(25-17-24-6)18(2)26-28(9,10)21(3,4)5/h11-16,18,20,23H,1,17H2,2-10H3/t18-,20+,22-/m1/s1. The van der Waals surface area contributed by atoms with Gasteiger partial charge in [0.25, 0.3) is 0 Å². The average Bonchev–Trinajstić information content (AvgIpc) is 2.60. The van der Waals surface area contributed by atoms with Crippen LogP contribution in [0.2, 0.25) is 31.2 Å². The number of rotatable bonds is 10. The molecule has 0 fully saturated rings. The summed E-state index contributed by atoms with van der Waals surface area (Å²) in [6.07, 6.45) is 0.758. The molecule has 4 nitrogen and oxygen atoms in total. The van der Waals surface area contributed by atoms with Crippen molar-refractivity contribution in [3.8, 4) is 0 Å². The third-order valence-electron chi connectivity index (χ3n) is 6.32. The first-order chi connectivity index (χ1) is 12.7. The van der Waals surface area contributed by atoms with Crippen molar-refractivity contribution < 1.29 is 19.0 Å². The van der Waals surface area contributed by atoms with Crippen molar-refractivity contribution in [2.45, 2.75) is 76.4 Å². The van der Waals surface area contributed by atoms with Gasteiger partial charge in [-0.25, -0.2) is 0 Å². The fraction of sp³-hybridized carbons (Fsp3) is 0.636. The van der Waals surface area contributed by atoms with E-state index in [4.69, 9.17) is 13.9 Å². The van der Waals surface area contributed by atoms with Crippen molar-refractivity contribution in [1.29, 1.82) is 0 Å². The number of methoxy groups -OCH3 is 1. The largest absolute Gasteiger partial charge is 0.411 e. The highest BCUT2D eigenvalue weighted by Gasteiger charge is 2.54. The molecule has 0 saturated heterocycles. The molecule has 0 radical (unpaired) electrons. The van der Waals surface area contributed by atoms with Gasteiger partial charge in [-0.05, 0) is 25.1 Å². The summed E-state index contributed by atoms with van der Waals surface area (Å²) in [6.45, 7) is 21.4. The Morgan fingerprint density at radius 1 is 1.11 bits per heavy atom. The van der Waals surface area contributed by atoms with Crippen molar-refractivity contribution >= 4 is 21.6 Å². The molecule has 0 aliphatic carbocycles. The van der Waals surface area contributed by atoms with E-state index in [-0.39, 0.29) is 17.9 Å². The number of hydrogen-bond acceptors (Lipinski definition) is 4. The van der Waals surface area contributed by atoms with Gasteiger partial charge < -0.3 is 19.0 Å². The summed E-state index contributed by atoms with van der Waals surface area (Å²) >= 11 is 0. The van der Waals surface area contributed by atoms with Crippen LogP contribution in [0.1, 0.15) is 27.7 Å². The maximum Gasteiger partial charge on any atom is 0.192 e. The summed E-state index contributed by atoms with van der Waals surface area (Å²) in [5.74, 6) is 0. The fourth-order valence-corrected chi connectivity index (χ4v) is 7.71. The molecule has 0 aliphatic heterocycles. The van der Waals surface area contributed by atoms with E-state index in [1.54, 1.807) is 13.2 Å². The molecule has 0 aliphatic rings. The lowest BCUT2D eigenvalue weighted by Gasteiger charge is -2.48. The molecule has 0 amide bonds. The molecule has 0 spiro atoms. The molecular formula is C22H40O4Si2. The fourth-order valence-electron chi connectivity index (χ4n) is 3.28. The van der Waals surface area contributed by atoms with Gasteiger partial charge in [0.2, 0.25) is 0 Å². The smallest absolute Gasteiger partial charge is 0.192 e. The van der Waals surface area contributed by atoms with Crippen molar-refractivity contribution in [1.82, 2.24) is 0 Å². The van der Waals surface area contributed by atoms with Gasteiger partial charge in [-0.2, -0.15) is 0 Å². The third-order valence-corrected chi connectivity index (χ3v) is 15.2. The van der Waals surface area contributed by atoms with Gasteiger partial charge in [0.05, 0.1) is 6.10 Å². The summed E-state index contributed by atoms with van der Waals surface area (Å²) in [7, 11) is -2.90. The van der Waals surface area contributed by atoms with Crippen LogP contribution in [0, 0.1) is 0 Å². The first kappa shape index (κ1) is 25.3. The minimum Gasteiger partial charge on any atom is -0.411 e. The molecule has 1 rings (SSSR count). The molecule has 6 heteroatoms. The second-order valence-corrected chi connectivity index (χ2v) is 19.0. The first-order valence-electron chi connectivity index (χ1n) is 9.94. The summed E-state index contributed by atoms with van der Waals surface area (Å²) < 4.78 is 17.9. The van der Waals surface area contributed by atoms with E-state index in [9.17, 15) is 5.11 Å². The second-order valence-electron chi connectivity index (χ2n) is 9.60. The van der Waals surface area contributed by atoms with Gasteiger partial charge in [0.15, 0.2) is 8.32 Å². The van der Waals surface area contributed by atoms with Crippen molar-refractivity contribution in [3.63, 3.8) is 0 Å². The predicted molar refractivity (Wildman–Crippen MR) is 123 cm³/mol. The van der Waals surface area contributed by atoms with Crippen LogP contribution >= 0.6 is 0 Å². The van der Waals surface area contributed by atoms with Crippen molar-refractivity contribution in [3.05, 3.63) is 43.0 Å². The molecule has 0 unspecified atom stereocenters. The minimum atomic E-state index is -2.44. The molecule has 0 bridgehead atoms. The molecule has 1 N–H and O–H groups in total. The van der Waals surface area contributed by atoms with E-state index in [2.05, 4.69) is 65.7 Å².